The van der Waals surface area contributed by atoms with Gasteiger partial charge < -0.3 is 15.3 Å². The Morgan fingerprint density at radius 3 is 2.68 bits per heavy atom. The molecule has 0 unspecified atom stereocenters. The van der Waals surface area contributed by atoms with Crippen molar-refractivity contribution in [2.75, 3.05) is 18.5 Å². The Hall–Kier alpha value is -2.33. The van der Waals surface area contributed by atoms with Crippen molar-refractivity contribution in [3.05, 3.63) is 59.7 Å². The zero-order valence-electron chi connectivity index (χ0n) is 12.5. The number of aromatic hydroxyl groups is 1. The van der Waals surface area contributed by atoms with Crippen molar-refractivity contribution in [1.29, 1.82) is 0 Å². The highest BCUT2D eigenvalue weighted by atomic mass is 16.3. The number of para-hydroxylation sites is 1. The predicted octanol–water partition coefficient (Wildman–Crippen LogP) is 1.31. The van der Waals surface area contributed by atoms with E-state index in [2.05, 4.69) is 11.4 Å². The van der Waals surface area contributed by atoms with Gasteiger partial charge in [-0.25, -0.2) is 0 Å². The molecule has 0 saturated carbocycles. The lowest BCUT2D eigenvalue weighted by molar-refractivity contribution is -0.679. The van der Waals surface area contributed by atoms with Gasteiger partial charge in [0.1, 0.15) is 17.2 Å². The van der Waals surface area contributed by atoms with Crippen LogP contribution in [0.5, 0.6) is 5.75 Å². The summed E-state index contributed by atoms with van der Waals surface area (Å²) in [7, 11) is 1.86. The molecule has 2 aromatic carbocycles. The maximum atomic E-state index is 13.1. The summed E-state index contributed by atoms with van der Waals surface area (Å²) in [6.45, 7) is 0.930. The number of carbonyl (C=O) groups excluding carboxylic acids is 1. The second-order valence-corrected chi connectivity index (χ2v) is 6.20. The van der Waals surface area contributed by atoms with Crippen LogP contribution in [0.2, 0.25) is 0 Å². The number of nitrogens with two attached hydrogens (primary N) is 1. The highest BCUT2D eigenvalue weighted by molar-refractivity contribution is 6.08. The molecule has 0 radical (unpaired) electrons. The highest BCUT2D eigenvalue weighted by Crippen LogP contribution is 2.50. The van der Waals surface area contributed by atoms with Crippen molar-refractivity contribution in [2.24, 2.45) is 0 Å². The van der Waals surface area contributed by atoms with Gasteiger partial charge in [0.2, 0.25) is 5.91 Å². The van der Waals surface area contributed by atoms with E-state index in [9.17, 15) is 9.90 Å². The zero-order chi connectivity index (χ0) is 15.3. The summed E-state index contributed by atoms with van der Waals surface area (Å²) in [4.78, 5) is 14.9. The number of likely N-dealkylation sites (N-methyl/N-ethyl adjacent to an activating group) is 1. The van der Waals surface area contributed by atoms with E-state index in [4.69, 9.17) is 0 Å². The normalized spacial score (nSPS) is 26.7. The van der Waals surface area contributed by atoms with Gasteiger partial charge in [-0.2, -0.15) is 0 Å². The maximum Gasteiger partial charge on any atom is 0.244 e. The molecule has 1 spiro atoms. The molecule has 3 N–H and O–H groups in total. The SMILES string of the molecule is CN1C(=O)[C@@]2(CC[NH2+][C@H]2c2ccc(O)cc2)c2ccccc21. The van der Waals surface area contributed by atoms with Crippen molar-refractivity contribution in [3.8, 4) is 5.75 Å². The lowest BCUT2D eigenvalue weighted by atomic mass is 9.73. The summed E-state index contributed by atoms with van der Waals surface area (Å²) in [6.07, 6.45) is 0.846. The van der Waals surface area contributed by atoms with E-state index in [0.29, 0.717) is 0 Å². The van der Waals surface area contributed by atoms with Gasteiger partial charge in [-0.05, 0) is 35.9 Å². The van der Waals surface area contributed by atoms with Crippen LogP contribution in [-0.4, -0.2) is 24.6 Å². The van der Waals surface area contributed by atoms with Crippen molar-refractivity contribution in [1.82, 2.24) is 0 Å². The van der Waals surface area contributed by atoms with Crippen LogP contribution >= 0.6 is 0 Å². The molecule has 4 rings (SSSR count). The summed E-state index contributed by atoms with van der Waals surface area (Å²) in [5.74, 6) is 0.437. The van der Waals surface area contributed by atoms with Crippen LogP contribution in [0.4, 0.5) is 5.69 Å². The Balaban J connectivity index is 1.89. The van der Waals surface area contributed by atoms with Crippen LogP contribution in [0.3, 0.4) is 0 Å². The van der Waals surface area contributed by atoms with Crippen molar-refractivity contribution in [3.63, 3.8) is 0 Å². The third-order valence-electron chi connectivity index (χ3n) is 5.16. The summed E-state index contributed by atoms with van der Waals surface area (Å²) < 4.78 is 0. The first-order chi connectivity index (χ1) is 10.6. The third-order valence-corrected chi connectivity index (χ3v) is 5.16. The molecule has 112 valence electrons. The van der Waals surface area contributed by atoms with E-state index in [1.165, 1.54) is 0 Å². The topological polar surface area (TPSA) is 57.2 Å². The van der Waals surface area contributed by atoms with Gasteiger partial charge in [-0.15, -0.1) is 0 Å². The first kappa shape index (κ1) is 13.3. The fraction of sp³-hybridized carbons (Fsp3) is 0.278. The van der Waals surface area contributed by atoms with Gasteiger partial charge in [0, 0.05) is 24.7 Å². The Morgan fingerprint density at radius 2 is 1.91 bits per heavy atom. The van der Waals surface area contributed by atoms with Crippen molar-refractivity contribution < 1.29 is 15.2 Å². The van der Waals surface area contributed by atoms with Crippen LogP contribution in [0.25, 0.3) is 0 Å². The van der Waals surface area contributed by atoms with Crippen molar-refractivity contribution >= 4 is 11.6 Å². The van der Waals surface area contributed by atoms with Gasteiger partial charge >= 0.3 is 0 Å². The Kier molecular flexibility index (Phi) is 2.78. The molecule has 2 atom stereocenters. The minimum atomic E-state index is -0.484. The van der Waals surface area contributed by atoms with E-state index in [-0.39, 0.29) is 17.7 Å². The number of quaternary nitrogens is 1. The molecule has 1 fully saturated rings. The first-order valence-electron chi connectivity index (χ1n) is 7.64. The molecule has 2 aromatic rings. The summed E-state index contributed by atoms with van der Waals surface area (Å²) >= 11 is 0. The summed E-state index contributed by atoms with van der Waals surface area (Å²) in [5.41, 5.74) is 2.76. The average molecular weight is 295 g/mol. The number of phenolic OH excluding ortho intramolecular Hbond substituents is 1. The fourth-order valence-electron chi connectivity index (χ4n) is 4.15. The average Bonchev–Trinajstić information content (AvgIpc) is 3.07. The number of amides is 1. The maximum absolute atomic E-state index is 13.1. The van der Waals surface area contributed by atoms with Crippen LogP contribution in [0, 0.1) is 0 Å². The number of phenols is 1. The van der Waals surface area contributed by atoms with E-state index in [1.807, 2.05) is 37.4 Å². The van der Waals surface area contributed by atoms with Gasteiger partial charge in [-0.1, -0.05) is 18.2 Å². The Morgan fingerprint density at radius 1 is 1.18 bits per heavy atom. The number of anilines is 1. The molecular formula is C18H19N2O2+. The molecule has 2 aliphatic heterocycles. The second-order valence-electron chi connectivity index (χ2n) is 6.20. The number of rotatable bonds is 1. The molecule has 2 aliphatic rings. The largest absolute Gasteiger partial charge is 0.508 e. The lowest BCUT2D eigenvalue weighted by Crippen LogP contribution is -2.83. The molecule has 1 amide bonds. The second kappa shape index (κ2) is 4.58. The standard InChI is InChI=1S/C18H18N2O2/c1-20-15-5-3-2-4-14(15)18(17(20)22)10-11-19-16(18)12-6-8-13(21)9-7-12/h2-9,16,19,21H,10-11H2,1H3/p+1/t16-,18-/m0/s1. The molecule has 22 heavy (non-hydrogen) atoms. The van der Waals surface area contributed by atoms with Crippen LogP contribution in [-0.2, 0) is 10.2 Å². The molecule has 0 bridgehead atoms. The zero-order valence-corrected chi connectivity index (χ0v) is 12.5. The minimum absolute atomic E-state index is 0.0618. The number of fused-ring (bicyclic) bond motifs is 2. The number of benzene rings is 2. The monoisotopic (exact) mass is 295 g/mol. The lowest BCUT2D eigenvalue weighted by Gasteiger charge is -2.27. The summed E-state index contributed by atoms with van der Waals surface area (Å²) in [5, 5.41) is 11.8. The quantitative estimate of drug-likeness (QED) is 0.833. The first-order valence-corrected chi connectivity index (χ1v) is 7.64. The number of nitrogens with zero attached hydrogens (tertiary/aromatic N) is 1. The van der Waals surface area contributed by atoms with Gasteiger partial charge in [0.15, 0.2) is 0 Å². The molecule has 2 heterocycles. The van der Waals surface area contributed by atoms with Crippen molar-refractivity contribution in [2.45, 2.75) is 17.9 Å². The van der Waals surface area contributed by atoms with Gasteiger partial charge in [0.25, 0.3) is 0 Å². The molecule has 4 nitrogen and oxygen atoms in total. The van der Waals surface area contributed by atoms with E-state index in [0.717, 1.165) is 29.8 Å². The molecule has 0 aliphatic carbocycles. The minimum Gasteiger partial charge on any atom is -0.508 e. The number of carbonyl (C=O) groups is 1. The van der Waals surface area contributed by atoms with Crippen LogP contribution < -0.4 is 10.2 Å². The van der Waals surface area contributed by atoms with E-state index in [1.54, 1.807) is 17.0 Å². The molecule has 4 heteroatoms. The number of hydrogen-bond acceptors (Lipinski definition) is 2. The van der Waals surface area contributed by atoms with E-state index >= 15 is 0 Å². The molecule has 1 saturated heterocycles. The third kappa shape index (κ3) is 1.58. The van der Waals surface area contributed by atoms with Gasteiger partial charge in [-0.3, -0.25) is 4.79 Å². The molecular weight excluding hydrogens is 276 g/mol. The van der Waals surface area contributed by atoms with Crippen LogP contribution in [0.15, 0.2) is 48.5 Å². The van der Waals surface area contributed by atoms with Gasteiger partial charge in [0.05, 0.1) is 6.54 Å². The van der Waals surface area contributed by atoms with Crippen LogP contribution in [0.1, 0.15) is 23.6 Å². The Labute approximate surface area is 129 Å². The van der Waals surface area contributed by atoms with E-state index < -0.39 is 5.41 Å². The predicted molar refractivity (Wildman–Crippen MR) is 83.8 cm³/mol. The Bertz CT molecular complexity index is 741. The fourth-order valence-corrected chi connectivity index (χ4v) is 4.15. The summed E-state index contributed by atoms with van der Waals surface area (Å²) in [6, 6.07) is 15.4. The molecule has 0 aromatic heterocycles. The highest BCUT2D eigenvalue weighted by Gasteiger charge is 2.60. The number of hydrogen-bond donors (Lipinski definition) is 2. The smallest absolute Gasteiger partial charge is 0.244 e.